The molecule has 5 nitrogen and oxygen atoms in total. The number of carboxylic acid groups (broad SMARTS) is 1. The van der Waals surface area contributed by atoms with Crippen LogP contribution in [0.4, 0.5) is 0 Å². The Morgan fingerprint density at radius 2 is 1.89 bits per heavy atom. The van der Waals surface area contributed by atoms with Crippen LogP contribution in [0.25, 0.3) is 0 Å². The molecule has 0 bridgehead atoms. The summed E-state index contributed by atoms with van der Waals surface area (Å²) < 4.78 is 25.9. The topological polar surface area (TPSA) is 83.5 Å². The van der Waals surface area contributed by atoms with Gasteiger partial charge < -0.3 is 5.11 Å². The van der Waals surface area contributed by atoms with Crippen molar-refractivity contribution in [3.8, 4) is 0 Å². The Labute approximate surface area is 114 Å². The molecular weight excluding hydrogens is 266 g/mol. The van der Waals surface area contributed by atoms with Crippen molar-refractivity contribution in [3.05, 3.63) is 0 Å². The Bertz CT molecular complexity index is 436. The molecule has 0 amide bonds. The Morgan fingerprint density at radius 1 is 1.32 bits per heavy atom. The minimum Gasteiger partial charge on any atom is -0.480 e. The van der Waals surface area contributed by atoms with Crippen LogP contribution >= 0.6 is 0 Å². The number of rotatable bonds is 6. The van der Waals surface area contributed by atoms with Crippen LogP contribution in [0.2, 0.25) is 0 Å². The number of hydrogen-bond donors (Lipinski definition) is 2. The van der Waals surface area contributed by atoms with Gasteiger partial charge >= 0.3 is 5.97 Å². The number of carbonyl (C=O) groups is 1. The van der Waals surface area contributed by atoms with Gasteiger partial charge in [-0.15, -0.1) is 0 Å². The van der Waals surface area contributed by atoms with E-state index in [-0.39, 0.29) is 0 Å². The first-order valence-electron chi connectivity index (χ1n) is 7.09. The average Bonchev–Trinajstić information content (AvgIpc) is 3.09. The lowest BCUT2D eigenvalue weighted by atomic mass is 9.85. The Balaban J connectivity index is 1.98. The number of carboxylic acids is 1. The molecule has 2 aliphatic rings. The van der Waals surface area contributed by atoms with Crippen LogP contribution in [-0.2, 0) is 14.8 Å². The normalized spacial score (nSPS) is 24.9. The Kier molecular flexibility index (Phi) is 4.20. The molecule has 2 N–H and O–H groups in total. The van der Waals surface area contributed by atoms with E-state index in [9.17, 15) is 18.3 Å². The highest BCUT2D eigenvalue weighted by Gasteiger charge is 2.51. The van der Waals surface area contributed by atoms with Crippen molar-refractivity contribution in [2.75, 3.05) is 0 Å². The fourth-order valence-corrected chi connectivity index (χ4v) is 4.23. The van der Waals surface area contributed by atoms with E-state index < -0.39 is 26.8 Å². The Hall–Kier alpha value is -0.620. The van der Waals surface area contributed by atoms with Gasteiger partial charge in [-0.3, -0.25) is 4.79 Å². The van der Waals surface area contributed by atoms with Crippen LogP contribution < -0.4 is 4.72 Å². The number of hydrogen-bond acceptors (Lipinski definition) is 3. The van der Waals surface area contributed by atoms with Gasteiger partial charge in [-0.2, -0.15) is 0 Å². The summed E-state index contributed by atoms with van der Waals surface area (Å²) in [5.41, 5.74) is 0. The second kappa shape index (κ2) is 5.40. The lowest BCUT2D eigenvalue weighted by molar-refractivity contribution is -0.139. The maximum atomic E-state index is 12.1. The zero-order valence-electron chi connectivity index (χ0n) is 11.4. The van der Waals surface area contributed by atoms with Crippen LogP contribution in [0.5, 0.6) is 0 Å². The van der Waals surface area contributed by atoms with Gasteiger partial charge in [-0.05, 0) is 32.1 Å². The molecule has 2 saturated carbocycles. The third-order valence-corrected chi connectivity index (χ3v) is 6.79. The van der Waals surface area contributed by atoms with Crippen LogP contribution in [0, 0.1) is 5.92 Å². The van der Waals surface area contributed by atoms with E-state index >= 15 is 0 Å². The highest BCUT2D eigenvalue weighted by Crippen LogP contribution is 2.42. The van der Waals surface area contributed by atoms with Gasteiger partial charge in [0, 0.05) is 0 Å². The summed E-state index contributed by atoms with van der Waals surface area (Å²) in [6.07, 6.45) is 7.16. The third kappa shape index (κ3) is 3.48. The summed E-state index contributed by atoms with van der Waals surface area (Å²) in [5, 5.41) is 9.23. The van der Waals surface area contributed by atoms with E-state index in [0.717, 1.165) is 25.7 Å². The first-order valence-corrected chi connectivity index (χ1v) is 8.57. The summed E-state index contributed by atoms with van der Waals surface area (Å²) in [6, 6.07) is -0.967. The van der Waals surface area contributed by atoms with E-state index in [1.165, 1.54) is 6.42 Å². The third-order valence-electron chi connectivity index (χ3n) is 4.49. The quantitative estimate of drug-likeness (QED) is 0.782. The fraction of sp³-hybridized carbons (Fsp3) is 0.923. The summed E-state index contributed by atoms with van der Waals surface area (Å²) in [4.78, 5) is 11.3. The summed E-state index contributed by atoms with van der Waals surface area (Å²) in [6.45, 7) is 1.68. The predicted molar refractivity (Wildman–Crippen MR) is 72.3 cm³/mol. The van der Waals surface area contributed by atoms with Crippen molar-refractivity contribution in [1.82, 2.24) is 4.72 Å². The number of aliphatic carboxylic acids is 1. The van der Waals surface area contributed by atoms with Crippen LogP contribution in [0.15, 0.2) is 0 Å². The molecule has 0 spiro atoms. The van der Waals surface area contributed by atoms with Crippen LogP contribution in [0.1, 0.15) is 58.3 Å². The molecule has 2 aliphatic carbocycles. The van der Waals surface area contributed by atoms with Gasteiger partial charge in [0.05, 0.1) is 4.75 Å². The van der Waals surface area contributed by atoms with E-state index in [1.807, 2.05) is 0 Å². The molecule has 0 heterocycles. The molecule has 0 radical (unpaired) electrons. The number of sulfonamides is 1. The van der Waals surface area contributed by atoms with Crippen molar-refractivity contribution in [1.29, 1.82) is 0 Å². The summed E-state index contributed by atoms with van der Waals surface area (Å²) in [5.74, 6) is -0.719. The Morgan fingerprint density at radius 3 is 2.37 bits per heavy atom. The zero-order valence-corrected chi connectivity index (χ0v) is 12.2. The van der Waals surface area contributed by atoms with Gasteiger partial charge in [0.25, 0.3) is 0 Å². The predicted octanol–water partition coefficient (Wildman–Crippen LogP) is 1.88. The molecule has 0 aromatic heterocycles. The number of nitrogens with one attached hydrogen (secondary N) is 1. The second-order valence-corrected chi connectivity index (χ2v) is 8.43. The second-order valence-electron chi connectivity index (χ2n) is 6.20. The summed E-state index contributed by atoms with van der Waals surface area (Å²) in [7, 11) is -3.51. The van der Waals surface area contributed by atoms with Crippen LogP contribution in [-0.4, -0.2) is 30.3 Å². The van der Waals surface area contributed by atoms with E-state index in [2.05, 4.69) is 4.72 Å². The lowest BCUT2D eigenvalue weighted by Crippen LogP contribution is -2.46. The highest BCUT2D eigenvalue weighted by molar-refractivity contribution is 7.91. The molecule has 110 valence electrons. The van der Waals surface area contributed by atoms with Crippen molar-refractivity contribution < 1.29 is 18.3 Å². The molecule has 2 rings (SSSR count). The van der Waals surface area contributed by atoms with E-state index in [4.69, 9.17) is 0 Å². The monoisotopic (exact) mass is 289 g/mol. The molecule has 0 aromatic rings. The molecule has 1 atom stereocenters. The fourth-order valence-electron chi connectivity index (χ4n) is 2.73. The maximum Gasteiger partial charge on any atom is 0.321 e. The molecule has 19 heavy (non-hydrogen) atoms. The first-order chi connectivity index (χ1) is 8.84. The first kappa shape index (κ1) is 14.8. The molecule has 2 fully saturated rings. The molecule has 6 heteroatoms. The van der Waals surface area contributed by atoms with Crippen LogP contribution in [0.3, 0.4) is 0 Å². The smallest absolute Gasteiger partial charge is 0.321 e. The lowest BCUT2D eigenvalue weighted by Gasteiger charge is -2.25. The molecule has 0 aromatic carbocycles. The minimum absolute atomic E-state index is 0.338. The molecule has 0 saturated heterocycles. The van der Waals surface area contributed by atoms with E-state index in [0.29, 0.717) is 25.2 Å². The minimum atomic E-state index is -3.51. The van der Waals surface area contributed by atoms with E-state index in [1.54, 1.807) is 6.92 Å². The SMILES string of the molecule is CC1(S(=O)(=O)N[C@H](CC2CCCCC2)C(=O)O)CC1. The van der Waals surface area contributed by atoms with Gasteiger partial charge in [0.15, 0.2) is 0 Å². The van der Waals surface area contributed by atoms with Crippen molar-refractivity contribution in [3.63, 3.8) is 0 Å². The standard InChI is InChI=1S/C13H23NO4S/c1-13(7-8-13)19(17,18)14-11(12(15)16)9-10-5-3-2-4-6-10/h10-11,14H,2-9H2,1H3,(H,15,16)/t11-/m1/s1. The summed E-state index contributed by atoms with van der Waals surface area (Å²) >= 11 is 0. The van der Waals surface area contributed by atoms with Crippen molar-refractivity contribution in [2.24, 2.45) is 5.92 Å². The van der Waals surface area contributed by atoms with Gasteiger partial charge in [0.1, 0.15) is 6.04 Å². The maximum absolute atomic E-state index is 12.1. The van der Waals surface area contributed by atoms with Gasteiger partial charge in [0.2, 0.25) is 10.0 Å². The van der Waals surface area contributed by atoms with Gasteiger partial charge in [-0.25, -0.2) is 13.1 Å². The molecule has 0 unspecified atom stereocenters. The average molecular weight is 289 g/mol. The molecular formula is C13H23NO4S. The van der Waals surface area contributed by atoms with Crippen molar-refractivity contribution in [2.45, 2.75) is 69.1 Å². The van der Waals surface area contributed by atoms with Gasteiger partial charge in [-0.1, -0.05) is 32.1 Å². The largest absolute Gasteiger partial charge is 0.480 e. The van der Waals surface area contributed by atoms with Crippen molar-refractivity contribution >= 4 is 16.0 Å². The zero-order chi connectivity index (χ0) is 14.1. The molecule has 0 aliphatic heterocycles. The highest BCUT2D eigenvalue weighted by atomic mass is 32.2.